The molecule has 1 fully saturated rings. The summed E-state index contributed by atoms with van der Waals surface area (Å²) in [5, 5.41) is 94.1. The van der Waals surface area contributed by atoms with Crippen molar-refractivity contribution >= 4 is 138 Å². The Hall–Kier alpha value is -14.6. The van der Waals surface area contributed by atoms with Crippen LogP contribution in [0.2, 0.25) is 0 Å². The van der Waals surface area contributed by atoms with E-state index in [4.69, 9.17) is 66.9 Å². The van der Waals surface area contributed by atoms with Crippen LogP contribution in [0.15, 0.2) is 122 Å². The number of guanidine groups is 6. The highest BCUT2D eigenvalue weighted by molar-refractivity contribution is 6.01. The Kier molecular flexibility index (Phi) is 33.9. The number of benzene rings is 4. The van der Waals surface area contributed by atoms with Crippen molar-refractivity contribution in [3.63, 3.8) is 0 Å². The number of para-hydroxylation sites is 4. The van der Waals surface area contributed by atoms with Crippen LogP contribution in [0.25, 0.3) is 43.6 Å². The molecule has 10 amide bonds. The summed E-state index contributed by atoms with van der Waals surface area (Å²) in [6.07, 6.45) is 4.55. The van der Waals surface area contributed by atoms with Crippen molar-refractivity contribution in [3.05, 3.63) is 144 Å². The molecule has 0 saturated carbocycles. The van der Waals surface area contributed by atoms with Crippen molar-refractivity contribution in [1.29, 1.82) is 32.5 Å². The minimum absolute atomic E-state index is 0.00193. The Bertz CT molecular complexity index is 4840. The van der Waals surface area contributed by atoms with Gasteiger partial charge in [-0.25, -0.2) is 0 Å². The maximum atomic E-state index is 16.0. The smallest absolute Gasteiger partial charge is 0.243 e. The van der Waals surface area contributed by atoms with E-state index in [2.05, 4.69) is 105 Å². The lowest BCUT2D eigenvalue weighted by Crippen LogP contribution is -2.62. The van der Waals surface area contributed by atoms with E-state index in [0.29, 0.717) is 65.9 Å². The van der Waals surface area contributed by atoms with Gasteiger partial charge in [0.1, 0.15) is 60.4 Å². The van der Waals surface area contributed by atoms with Crippen molar-refractivity contribution in [3.8, 4) is 0 Å². The molecule has 0 bridgehead atoms. The highest BCUT2D eigenvalue weighted by atomic mass is 16.2. The Morgan fingerprint density at radius 1 is 0.238 bits per heavy atom. The molecule has 1 saturated heterocycles. The van der Waals surface area contributed by atoms with Gasteiger partial charge in [0, 0.05) is 133 Å². The van der Waals surface area contributed by atoms with E-state index in [1.807, 2.05) is 24.3 Å². The molecule has 0 aliphatic carbocycles. The number of aromatic amines is 4. The van der Waals surface area contributed by atoms with Crippen LogP contribution in [0.1, 0.15) is 99.3 Å². The van der Waals surface area contributed by atoms with Crippen LogP contribution in [-0.4, -0.2) is 214 Å². The molecule has 0 unspecified atom stereocenters. The quantitative estimate of drug-likeness (QED) is 0.0116. The van der Waals surface area contributed by atoms with Gasteiger partial charge in [0.15, 0.2) is 35.8 Å². The number of nitrogens with one attached hydrogen (secondary N) is 26. The molecule has 4 aromatic carbocycles. The van der Waals surface area contributed by atoms with Gasteiger partial charge in [0.25, 0.3) is 0 Å². The third kappa shape index (κ3) is 27.7. The average Bonchev–Trinajstić information content (AvgIpc) is 1.65. The number of rotatable bonds is 32. The van der Waals surface area contributed by atoms with Crippen molar-refractivity contribution < 1.29 is 47.9 Å². The normalized spacial score (nSPS) is 20.3. The highest BCUT2D eigenvalue weighted by Crippen LogP contribution is 2.25. The van der Waals surface area contributed by atoms with E-state index in [1.165, 1.54) is 0 Å². The molecule has 42 nitrogen and oxygen atoms in total. The molecule has 652 valence electrons. The molecular weight excluding hydrogens is 1570 g/mol. The van der Waals surface area contributed by atoms with E-state index < -0.39 is 155 Å². The summed E-state index contributed by atoms with van der Waals surface area (Å²) in [6, 6.07) is 12.9. The standard InChI is InChI=1S/C80H112N32O10/c81-75(82)93-29-9-23-55-65(113)103-56(24-10-30-94-76(83)84)66(114)105-58(26-12-32-96-78(87)88)68(116)107-60(28-14-34-98-80(91)92)70(118)109-62(36-44-40-100-52-20-6-2-16-48(44)52)72(120)111-64(38-46-42-102-54-22-8-4-18-50(46)54)74(122)112-63(37-45-41-101-53-21-7-3-17-49(45)53)73(121)110-61(35-43-39-99-51-19-5-1-15-47(43)51)71(119)108-59(27-13-33-97-79(89)90)69(117)106-57(67(115)104-55)25-11-31-95-77(85)86/h1-8,15-22,39-42,55-64,99-102H,9-14,23-38H2,(H,103,113)(H,104,115)(H,105,114)(H,106,117)(H,107,116)(H,108,119)(H,109,118)(H,110,121)(H,111,120)(H,112,122)(H4,81,82,93)(H4,83,84,94)(H4,85,86,95)(H4,87,88,96)(H4,89,90,97)(H4,91,92,98)/t55-,56-,57-,58-,59-,60-,61-,62-,63-,64-/m0/s1. The second kappa shape index (κ2) is 45.3. The predicted octanol–water partition coefficient (Wildman–Crippen LogP) is -2.68. The lowest BCUT2D eigenvalue weighted by Gasteiger charge is -2.29. The zero-order chi connectivity index (χ0) is 87.8. The zero-order valence-corrected chi connectivity index (χ0v) is 67.4. The number of carbonyl (C=O) groups excluding carboxylic acids is 10. The molecule has 122 heavy (non-hydrogen) atoms. The first-order valence-corrected chi connectivity index (χ1v) is 40.3. The lowest BCUT2D eigenvalue weighted by atomic mass is 9.99. The van der Waals surface area contributed by atoms with Crippen LogP contribution >= 0.6 is 0 Å². The van der Waals surface area contributed by atoms with Crippen molar-refractivity contribution in [2.75, 3.05) is 39.3 Å². The minimum atomic E-state index is -1.60. The topological polar surface area (TPSA) is 726 Å². The van der Waals surface area contributed by atoms with Crippen LogP contribution < -0.4 is 119 Å². The first-order valence-electron chi connectivity index (χ1n) is 40.3. The first-order chi connectivity index (χ1) is 58.6. The van der Waals surface area contributed by atoms with Crippen LogP contribution in [0.3, 0.4) is 0 Å². The van der Waals surface area contributed by atoms with Crippen molar-refractivity contribution in [2.24, 2.45) is 34.4 Å². The van der Waals surface area contributed by atoms with E-state index in [0.717, 1.165) is 0 Å². The van der Waals surface area contributed by atoms with E-state index >= 15 is 47.9 Å². The SMILES string of the molecule is N=C(N)NCCC[C@@H]1NC(=O)[C@H](CCCNC(=N)N)NC(=O)[C@H](CCCNC(=N)N)NC(=O)[C@H](CCCNC(=N)N)NC(=O)[C@H](Cc2c[nH]c3ccccc23)NC(=O)[C@H](Cc2c[nH]c3ccccc23)NC(=O)[C@H](Cc2c[nH]c3ccccc23)NC(=O)[C@H](Cc2c[nH]c3ccccc23)NC(=O)[C@H](CCCNC(=N)N)NC(=O)[C@H](CCCNC(=N)N)NC1=O. The predicted molar refractivity (Wildman–Crippen MR) is 462 cm³/mol. The number of aromatic nitrogens is 4. The van der Waals surface area contributed by atoms with Crippen LogP contribution in [0, 0.1) is 32.5 Å². The molecule has 42 heteroatoms. The fraction of sp³-hybridized carbons (Fsp3) is 0.400. The molecular formula is C80H112N32O10. The summed E-state index contributed by atoms with van der Waals surface area (Å²) < 4.78 is 0. The molecule has 38 N–H and O–H groups in total. The van der Waals surface area contributed by atoms with E-state index in [-0.39, 0.29) is 142 Å². The van der Waals surface area contributed by atoms with Gasteiger partial charge in [0.2, 0.25) is 59.1 Å². The lowest BCUT2D eigenvalue weighted by molar-refractivity contribution is -0.137. The molecule has 0 spiro atoms. The summed E-state index contributed by atoms with van der Waals surface area (Å²) >= 11 is 0. The Morgan fingerprint density at radius 3 is 0.549 bits per heavy atom. The number of fused-ring (bicyclic) bond motifs is 4. The summed E-state index contributed by atoms with van der Waals surface area (Å²) in [6.45, 7) is -0.0520. The monoisotopic (exact) mass is 1680 g/mol. The maximum Gasteiger partial charge on any atom is 0.243 e. The van der Waals surface area contributed by atoms with Gasteiger partial charge in [-0.3, -0.25) is 80.4 Å². The van der Waals surface area contributed by atoms with Crippen LogP contribution in [-0.2, 0) is 73.6 Å². The van der Waals surface area contributed by atoms with Crippen molar-refractivity contribution in [1.82, 2.24) is 105 Å². The van der Waals surface area contributed by atoms with Gasteiger partial charge in [-0.1, -0.05) is 72.8 Å². The number of H-pyrrole nitrogens is 4. The number of carbonyl (C=O) groups is 10. The molecule has 0 radical (unpaired) electrons. The van der Waals surface area contributed by atoms with Gasteiger partial charge in [-0.15, -0.1) is 0 Å². The molecule has 1 aliphatic heterocycles. The molecule has 1 aliphatic rings. The van der Waals surface area contributed by atoms with Gasteiger partial charge in [-0.05, 0) is 124 Å². The summed E-state index contributed by atoms with van der Waals surface area (Å²) in [5.74, 6) is -12.0. The highest BCUT2D eigenvalue weighted by Gasteiger charge is 2.39. The number of nitrogens with two attached hydrogens (primary N) is 6. The minimum Gasteiger partial charge on any atom is -0.370 e. The largest absolute Gasteiger partial charge is 0.370 e. The third-order valence-corrected chi connectivity index (χ3v) is 20.6. The van der Waals surface area contributed by atoms with Crippen molar-refractivity contribution in [2.45, 2.75) is 163 Å². The second-order valence-corrected chi connectivity index (χ2v) is 29.8. The number of hydrogen-bond acceptors (Lipinski definition) is 16. The molecule has 5 heterocycles. The zero-order valence-electron chi connectivity index (χ0n) is 67.4. The van der Waals surface area contributed by atoms with Gasteiger partial charge < -0.3 is 139 Å². The first kappa shape index (κ1) is 91.3. The average molecular weight is 1680 g/mol. The van der Waals surface area contributed by atoms with Gasteiger partial charge >= 0.3 is 0 Å². The fourth-order valence-electron chi connectivity index (χ4n) is 14.4. The summed E-state index contributed by atoms with van der Waals surface area (Å²) in [5.41, 5.74) is 38.8. The Labute approximate surface area is 701 Å². The second-order valence-electron chi connectivity index (χ2n) is 29.8. The fourth-order valence-corrected chi connectivity index (χ4v) is 14.4. The van der Waals surface area contributed by atoms with Crippen LogP contribution in [0.5, 0.6) is 0 Å². The van der Waals surface area contributed by atoms with Crippen LogP contribution in [0.4, 0.5) is 0 Å². The Balaban J connectivity index is 1.20. The van der Waals surface area contributed by atoms with E-state index in [1.54, 1.807) is 97.6 Å². The number of hydrogen-bond donors (Lipinski definition) is 32. The van der Waals surface area contributed by atoms with Gasteiger partial charge in [-0.2, -0.15) is 0 Å². The number of amides is 10. The molecule has 8 aromatic rings. The maximum absolute atomic E-state index is 16.0. The molecule has 10 atom stereocenters. The third-order valence-electron chi connectivity index (χ3n) is 20.6. The van der Waals surface area contributed by atoms with E-state index in [9.17, 15) is 0 Å². The summed E-state index contributed by atoms with van der Waals surface area (Å²) in [7, 11) is 0. The molecule has 4 aromatic heterocycles. The Morgan fingerprint density at radius 2 is 0.385 bits per heavy atom. The van der Waals surface area contributed by atoms with Gasteiger partial charge in [0.05, 0.1) is 0 Å². The molecule has 9 rings (SSSR count). The summed E-state index contributed by atoms with van der Waals surface area (Å²) in [4.78, 5) is 169.